The summed E-state index contributed by atoms with van der Waals surface area (Å²) >= 11 is 0. The Balaban J connectivity index is 1.53. The molecule has 30 heavy (non-hydrogen) atoms. The molecule has 0 bridgehead atoms. The molecule has 1 aromatic carbocycles. The number of hydrogen-bond donors (Lipinski definition) is 2. The van der Waals surface area contributed by atoms with Crippen LogP contribution in [0.4, 0.5) is 5.95 Å². The number of anilines is 1. The number of hydrogen-bond acceptors (Lipinski definition) is 8. The molecule has 1 amide bonds. The molecular weight excluding hydrogens is 408 g/mol. The van der Waals surface area contributed by atoms with E-state index in [4.69, 9.17) is 6.42 Å². The molecule has 1 aliphatic heterocycles. The van der Waals surface area contributed by atoms with E-state index in [1.54, 1.807) is 12.1 Å². The first-order valence-electron chi connectivity index (χ1n) is 9.27. The van der Waals surface area contributed by atoms with Crippen molar-refractivity contribution in [3.63, 3.8) is 0 Å². The molecule has 2 heterocycles. The van der Waals surface area contributed by atoms with E-state index in [0.717, 1.165) is 10.4 Å². The maximum Gasteiger partial charge on any atom is 0.277 e. The first-order valence-corrected chi connectivity index (χ1v) is 10.7. The number of amides is 1. The molecule has 3 rings (SSSR count). The minimum Gasteiger partial charge on any atom is -0.350 e. The minimum absolute atomic E-state index is 0.0460. The van der Waals surface area contributed by atoms with Gasteiger partial charge in [-0.1, -0.05) is 17.2 Å². The standard InChI is InChI=1S/C18H22N8O3S/c1-4-5-11-18(23-24-18)12-10-16(27)19-13(2)14-6-8-15(9-7-14)30(28,29)22-17-20-25-26(3)21-17/h1,6-9,13H,5,10-12H2,2-3H3,(H,19,27)(H,21,22). The van der Waals surface area contributed by atoms with Crippen molar-refractivity contribution < 1.29 is 13.2 Å². The Morgan fingerprint density at radius 3 is 2.53 bits per heavy atom. The normalized spacial score (nSPS) is 15.2. The molecule has 2 N–H and O–H groups in total. The Bertz CT molecular complexity index is 1080. The largest absolute Gasteiger partial charge is 0.350 e. The smallest absolute Gasteiger partial charge is 0.277 e. The molecule has 158 valence electrons. The van der Waals surface area contributed by atoms with Gasteiger partial charge in [-0.3, -0.25) is 4.79 Å². The van der Waals surface area contributed by atoms with Crippen molar-refractivity contribution in [2.45, 2.75) is 49.2 Å². The average molecular weight is 430 g/mol. The van der Waals surface area contributed by atoms with Gasteiger partial charge >= 0.3 is 0 Å². The number of carbonyl (C=O) groups excluding carboxylic acids is 1. The lowest BCUT2D eigenvalue weighted by Crippen LogP contribution is -2.28. The van der Waals surface area contributed by atoms with Crippen LogP contribution in [0.15, 0.2) is 39.4 Å². The Hall–Kier alpha value is -3.33. The molecule has 1 unspecified atom stereocenters. The fourth-order valence-electron chi connectivity index (χ4n) is 2.82. The molecule has 0 fully saturated rings. The summed E-state index contributed by atoms with van der Waals surface area (Å²) in [5.41, 5.74) is 0.274. The van der Waals surface area contributed by atoms with Gasteiger partial charge in [0.15, 0.2) is 5.66 Å². The molecule has 0 saturated carbocycles. The number of aromatic nitrogens is 4. The average Bonchev–Trinajstić information content (AvgIpc) is 3.38. The Morgan fingerprint density at radius 1 is 1.27 bits per heavy atom. The summed E-state index contributed by atoms with van der Waals surface area (Å²) in [6.45, 7) is 1.82. The van der Waals surface area contributed by atoms with Crippen molar-refractivity contribution in [2.24, 2.45) is 17.3 Å². The van der Waals surface area contributed by atoms with Crippen LogP contribution in [0.3, 0.4) is 0 Å². The molecule has 0 saturated heterocycles. The van der Waals surface area contributed by atoms with Gasteiger partial charge < -0.3 is 5.32 Å². The van der Waals surface area contributed by atoms with Gasteiger partial charge in [0, 0.05) is 25.7 Å². The summed E-state index contributed by atoms with van der Waals surface area (Å²) in [5.74, 6) is 2.31. The van der Waals surface area contributed by atoms with Crippen molar-refractivity contribution >= 4 is 21.9 Å². The Labute approximate surface area is 174 Å². The lowest BCUT2D eigenvalue weighted by molar-refractivity contribution is -0.122. The molecule has 2 aromatic rings. The quantitative estimate of drug-likeness (QED) is 0.547. The van der Waals surface area contributed by atoms with Gasteiger partial charge in [0.2, 0.25) is 5.91 Å². The number of terminal acetylenes is 1. The highest BCUT2D eigenvalue weighted by atomic mass is 32.2. The monoisotopic (exact) mass is 430 g/mol. The molecule has 1 aromatic heterocycles. The zero-order chi connectivity index (χ0) is 21.8. The van der Waals surface area contributed by atoms with Crippen LogP contribution in [0.2, 0.25) is 0 Å². The SMILES string of the molecule is C#CCCC1(CCC(=O)NC(C)c2ccc(S(=O)(=O)Nc3nnn(C)n3)cc2)N=N1. The van der Waals surface area contributed by atoms with Crippen LogP contribution in [0.5, 0.6) is 0 Å². The van der Waals surface area contributed by atoms with Gasteiger partial charge in [-0.25, -0.2) is 13.1 Å². The van der Waals surface area contributed by atoms with Crippen LogP contribution in [0, 0.1) is 12.3 Å². The van der Waals surface area contributed by atoms with Crippen LogP contribution in [0.25, 0.3) is 0 Å². The second-order valence-electron chi connectivity index (χ2n) is 6.95. The second-order valence-corrected chi connectivity index (χ2v) is 8.64. The highest BCUT2D eigenvalue weighted by Crippen LogP contribution is 2.37. The summed E-state index contributed by atoms with van der Waals surface area (Å²) in [5, 5.41) is 21.9. The summed E-state index contributed by atoms with van der Waals surface area (Å²) in [6, 6.07) is 5.90. The third kappa shape index (κ3) is 5.38. The molecular formula is C18H22N8O3S. The minimum atomic E-state index is -3.84. The molecule has 1 aliphatic rings. The lowest BCUT2D eigenvalue weighted by Gasteiger charge is -2.16. The van der Waals surface area contributed by atoms with Crippen molar-refractivity contribution in [1.82, 2.24) is 25.5 Å². The van der Waals surface area contributed by atoms with E-state index in [0.29, 0.717) is 19.3 Å². The van der Waals surface area contributed by atoms with Crippen LogP contribution in [0.1, 0.15) is 44.2 Å². The van der Waals surface area contributed by atoms with Crippen molar-refractivity contribution in [2.75, 3.05) is 4.72 Å². The third-order valence-electron chi connectivity index (χ3n) is 4.61. The van der Waals surface area contributed by atoms with Crippen LogP contribution < -0.4 is 10.0 Å². The molecule has 0 spiro atoms. The topological polar surface area (TPSA) is 144 Å². The van der Waals surface area contributed by atoms with Crippen molar-refractivity contribution in [3.05, 3.63) is 29.8 Å². The number of tetrazole rings is 1. The molecule has 1 atom stereocenters. The van der Waals surface area contributed by atoms with Crippen molar-refractivity contribution in [3.8, 4) is 12.3 Å². The zero-order valence-electron chi connectivity index (χ0n) is 16.6. The van der Waals surface area contributed by atoms with Crippen LogP contribution >= 0.6 is 0 Å². The van der Waals surface area contributed by atoms with Crippen LogP contribution in [-0.2, 0) is 21.9 Å². The third-order valence-corrected chi connectivity index (χ3v) is 5.95. The Morgan fingerprint density at radius 2 is 1.97 bits per heavy atom. The molecule has 11 nitrogen and oxygen atoms in total. The maximum absolute atomic E-state index is 12.4. The van der Waals surface area contributed by atoms with E-state index in [1.165, 1.54) is 19.2 Å². The van der Waals surface area contributed by atoms with Gasteiger partial charge in [0.05, 0.1) is 18.0 Å². The van der Waals surface area contributed by atoms with Crippen LogP contribution in [-0.4, -0.2) is 40.2 Å². The Kier molecular flexibility index (Phi) is 6.12. The summed E-state index contributed by atoms with van der Waals surface area (Å²) in [6.07, 6.45) is 7.29. The number of rotatable bonds is 10. The predicted molar refractivity (Wildman–Crippen MR) is 107 cm³/mol. The number of benzene rings is 1. The summed E-state index contributed by atoms with van der Waals surface area (Å²) < 4.78 is 27.1. The predicted octanol–water partition coefficient (Wildman–Crippen LogP) is 1.54. The number of aryl methyl sites for hydroxylation is 1. The molecule has 0 aliphatic carbocycles. The second kappa shape index (κ2) is 8.58. The number of sulfonamides is 1. The number of nitrogens with zero attached hydrogens (tertiary/aromatic N) is 6. The fraction of sp³-hybridized carbons (Fsp3) is 0.444. The van der Waals surface area contributed by atoms with Gasteiger partial charge in [0.1, 0.15) is 0 Å². The van der Waals surface area contributed by atoms with E-state index in [2.05, 4.69) is 41.6 Å². The van der Waals surface area contributed by atoms with Crippen molar-refractivity contribution in [1.29, 1.82) is 0 Å². The number of carbonyl (C=O) groups is 1. The fourth-order valence-corrected chi connectivity index (χ4v) is 3.75. The maximum atomic E-state index is 12.4. The van der Waals surface area contributed by atoms with Gasteiger partial charge in [-0.15, -0.1) is 17.4 Å². The van der Waals surface area contributed by atoms with E-state index in [-0.39, 0.29) is 29.2 Å². The molecule has 0 radical (unpaired) electrons. The number of nitrogens with one attached hydrogen (secondary N) is 2. The van der Waals surface area contributed by atoms with E-state index >= 15 is 0 Å². The van der Waals surface area contributed by atoms with Gasteiger partial charge in [0.25, 0.3) is 16.0 Å². The zero-order valence-corrected chi connectivity index (χ0v) is 17.4. The first kappa shape index (κ1) is 21.4. The van der Waals surface area contributed by atoms with Gasteiger partial charge in [-0.05, 0) is 29.8 Å². The highest BCUT2D eigenvalue weighted by molar-refractivity contribution is 7.92. The summed E-state index contributed by atoms with van der Waals surface area (Å²) in [7, 11) is -2.31. The molecule has 12 heteroatoms. The summed E-state index contributed by atoms with van der Waals surface area (Å²) in [4.78, 5) is 13.4. The lowest BCUT2D eigenvalue weighted by atomic mass is 10.0. The van der Waals surface area contributed by atoms with E-state index in [1.807, 2.05) is 6.92 Å². The first-order chi connectivity index (χ1) is 14.2. The highest BCUT2D eigenvalue weighted by Gasteiger charge is 2.39. The van der Waals surface area contributed by atoms with E-state index in [9.17, 15) is 13.2 Å². The van der Waals surface area contributed by atoms with Gasteiger partial charge in [-0.2, -0.15) is 15.0 Å². The van der Waals surface area contributed by atoms with E-state index < -0.39 is 15.7 Å².